The molecule has 1 heterocycles. The standard InChI is InChI=1S/C14H12ClN3O3/c1-8-3-4-9(14(20)21-2)7-11(8)16-13(19)10-5-6-12(15)18-17-10/h3-7H,1-2H3,(H,16,19). The maximum absolute atomic E-state index is 12.1. The maximum atomic E-state index is 12.1. The summed E-state index contributed by atoms with van der Waals surface area (Å²) in [5.41, 5.74) is 1.78. The number of carbonyl (C=O) groups excluding carboxylic acids is 2. The maximum Gasteiger partial charge on any atom is 0.337 e. The fourth-order valence-corrected chi connectivity index (χ4v) is 1.73. The molecule has 0 spiro atoms. The second-order valence-corrected chi connectivity index (χ2v) is 4.60. The van der Waals surface area contributed by atoms with Crippen LogP contribution in [0.1, 0.15) is 26.4 Å². The Kier molecular flexibility index (Phi) is 4.49. The Balaban J connectivity index is 2.24. The van der Waals surface area contributed by atoms with Gasteiger partial charge in [-0.15, -0.1) is 10.2 Å². The number of esters is 1. The fraction of sp³-hybridized carbons (Fsp3) is 0.143. The summed E-state index contributed by atoms with van der Waals surface area (Å²) in [6.07, 6.45) is 0. The smallest absolute Gasteiger partial charge is 0.337 e. The summed E-state index contributed by atoms with van der Waals surface area (Å²) in [4.78, 5) is 23.6. The van der Waals surface area contributed by atoms with Crippen molar-refractivity contribution in [1.29, 1.82) is 0 Å². The van der Waals surface area contributed by atoms with Crippen LogP contribution in [0.15, 0.2) is 30.3 Å². The number of amides is 1. The molecule has 2 rings (SSSR count). The van der Waals surface area contributed by atoms with Gasteiger partial charge in [0, 0.05) is 5.69 Å². The molecule has 0 aliphatic carbocycles. The van der Waals surface area contributed by atoms with Crippen LogP contribution in [0.2, 0.25) is 5.15 Å². The zero-order chi connectivity index (χ0) is 15.4. The summed E-state index contributed by atoms with van der Waals surface area (Å²) in [5.74, 6) is -0.916. The van der Waals surface area contributed by atoms with E-state index in [-0.39, 0.29) is 10.8 Å². The van der Waals surface area contributed by atoms with E-state index in [1.165, 1.54) is 19.2 Å². The van der Waals surface area contributed by atoms with E-state index >= 15 is 0 Å². The van der Waals surface area contributed by atoms with Crippen LogP contribution in [-0.2, 0) is 4.74 Å². The molecule has 0 saturated heterocycles. The normalized spacial score (nSPS) is 10.0. The molecular weight excluding hydrogens is 294 g/mol. The number of aromatic nitrogens is 2. The van der Waals surface area contributed by atoms with Crippen LogP contribution in [-0.4, -0.2) is 29.2 Å². The first-order valence-corrected chi connectivity index (χ1v) is 6.38. The van der Waals surface area contributed by atoms with Crippen molar-refractivity contribution >= 4 is 29.2 Å². The SMILES string of the molecule is COC(=O)c1ccc(C)c(NC(=O)c2ccc(Cl)nn2)c1. The van der Waals surface area contributed by atoms with E-state index in [9.17, 15) is 9.59 Å². The molecule has 108 valence electrons. The molecule has 21 heavy (non-hydrogen) atoms. The Morgan fingerprint density at radius 3 is 2.57 bits per heavy atom. The van der Waals surface area contributed by atoms with Crippen LogP contribution < -0.4 is 5.32 Å². The van der Waals surface area contributed by atoms with Gasteiger partial charge in [0.05, 0.1) is 12.7 Å². The minimum Gasteiger partial charge on any atom is -0.465 e. The zero-order valence-electron chi connectivity index (χ0n) is 11.4. The minimum absolute atomic E-state index is 0.127. The molecule has 1 aromatic heterocycles. The summed E-state index contributed by atoms with van der Waals surface area (Å²) >= 11 is 5.62. The number of hydrogen-bond acceptors (Lipinski definition) is 5. The Morgan fingerprint density at radius 1 is 1.19 bits per heavy atom. The topological polar surface area (TPSA) is 81.2 Å². The van der Waals surface area contributed by atoms with E-state index in [2.05, 4.69) is 20.3 Å². The van der Waals surface area contributed by atoms with Gasteiger partial charge in [-0.05, 0) is 36.8 Å². The average Bonchev–Trinajstić information content (AvgIpc) is 2.49. The molecule has 0 radical (unpaired) electrons. The molecule has 0 aliphatic rings. The number of nitrogens with one attached hydrogen (secondary N) is 1. The van der Waals surface area contributed by atoms with Gasteiger partial charge in [0.2, 0.25) is 0 Å². The van der Waals surface area contributed by atoms with Crippen LogP contribution in [0.5, 0.6) is 0 Å². The third-order valence-electron chi connectivity index (χ3n) is 2.77. The molecule has 0 fully saturated rings. The van der Waals surface area contributed by atoms with Crippen molar-refractivity contribution in [2.75, 3.05) is 12.4 Å². The van der Waals surface area contributed by atoms with Gasteiger partial charge in [0.25, 0.3) is 5.91 Å². The van der Waals surface area contributed by atoms with E-state index in [1.54, 1.807) is 18.2 Å². The van der Waals surface area contributed by atoms with Crippen molar-refractivity contribution in [3.8, 4) is 0 Å². The fourth-order valence-electron chi connectivity index (χ4n) is 1.62. The van der Waals surface area contributed by atoms with E-state index in [1.807, 2.05) is 6.92 Å². The number of halogens is 1. The van der Waals surface area contributed by atoms with Gasteiger partial charge in [-0.1, -0.05) is 17.7 Å². The number of nitrogens with zero attached hydrogens (tertiary/aromatic N) is 2. The van der Waals surface area contributed by atoms with Crippen LogP contribution in [0.4, 0.5) is 5.69 Å². The van der Waals surface area contributed by atoms with Gasteiger partial charge < -0.3 is 10.1 Å². The molecular formula is C14H12ClN3O3. The van der Waals surface area contributed by atoms with Crippen molar-refractivity contribution < 1.29 is 14.3 Å². The van der Waals surface area contributed by atoms with Crippen LogP contribution in [0, 0.1) is 6.92 Å². The van der Waals surface area contributed by atoms with Crippen LogP contribution in [0.3, 0.4) is 0 Å². The molecule has 0 bridgehead atoms. The Hall–Kier alpha value is -2.47. The lowest BCUT2D eigenvalue weighted by atomic mass is 10.1. The Labute approximate surface area is 126 Å². The highest BCUT2D eigenvalue weighted by Gasteiger charge is 2.12. The third kappa shape index (κ3) is 3.55. The van der Waals surface area contributed by atoms with E-state index in [0.29, 0.717) is 11.3 Å². The quantitative estimate of drug-likeness (QED) is 0.881. The number of anilines is 1. The number of hydrogen-bond donors (Lipinski definition) is 1. The second kappa shape index (κ2) is 6.32. The lowest BCUT2D eigenvalue weighted by Crippen LogP contribution is -2.15. The summed E-state index contributed by atoms with van der Waals surface area (Å²) in [6.45, 7) is 1.81. The lowest BCUT2D eigenvalue weighted by molar-refractivity contribution is 0.0600. The second-order valence-electron chi connectivity index (χ2n) is 4.22. The molecule has 1 amide bonds. The lowest BCUT2D eigenvalue weighted by Gasteiger charge is -2.09. The Morgan fingerprint density at radius 2 is 1.95 bits per heavy atom. The Bertz CT molecular complexity index is 686. The van der Waals surface area contributed by atoms with Gasteiger partial charge >= 0.3 is 5.97 Å². The highest BCUT2D eigenvalue weighted by Crippen LogP contribution is 2.18. The van der Waals surface area contributed by atoms with Crippen LogP contribution >= 0.6 is 11.6 Å². The number of benzene rings is 1. The summed E-state index contributed by atoms with van der Waals surface area (Å²) in [5, 5.41) is 10.2. The first kappa shape index (κ1) is 14.9. The van der Waals surface area contributed by atoms with Crippen molar-refractivity contribution in [3.05, 3.63) is 52.3 Å². The molecule has 0 aliphatic heterocycles. The van der Waals surface area contributed by atoms with Crippen molar-refractivity contribution in [2.24, 2.45) is 0 Å². The van der Waals surface area contributed by atoms with Gasteiger partial charge in [0.15, 0.2) is 10.8 Å². The summed E-state index contributed by atoms with van der Waals surface area (Å²) in [7, 11) is 1.30. The van der Waals surface area contributed by atoms with E-state index in [0.717, 1.165) is 5.56 Å². The van der Waals surface area contributed by atoms with Crippen molar-refractivity contribution in [2.45, 2.75) is 6.92 Å². The third-order valence-corrected chi connectivity index (χ3v) is 2.97. The van der Waals surface area contributed by atoms with Gasteiger partial charge in [-0.25, -0.2) is 4.79 Å². The molecule has 0 saturated carbocycles. The molecule has 0 atom stereocenters. The average molecular weight is 306 g/mol. The van der Waals surface area contributed by atoms with Gasteiger partial charge in [-0.2, -0.15) is 0 Å². The number of carbonyl (C=O) groups is 2. The number of aryl methyl sites for hydroxylation is 1. The van der Waals surface area contributed by atoms with E-state index < -0.39 is 11.9 Å². The molecule has 1 aromatic carbocycles. The molecule has 7 heteroatoms. The molecule has 2 aromatic rings. The monoisotopic (exact) mass is 305 g/mol. The number of ether oxygens (including phenoxy) is 1. The zero-order valence-corrected chi connectivity index (χ0v) is 12.1. The van der Waals surface area contributed by atoms with E-state index in [4.69, 9.17) is 11.6 Å². The van der Waals surface area contributed by atoms with Gasteiger partial charge in [0.1, 0.15) is 0 Å². The number of methoxy groups -OCH3 is 1. The predicted octanol–water partition coefficient (Wildman–Crippen LogP) is 2.48. The first-order chi connectivity index (χ1) is 10.0. The molecule has 6 nitrogen and oxygen atoms in total. The highest BCUT2D eigenvalue weighted by molar-refractivity contribution is 6.29. The first-order valence-electron chi connectivity index (χ1n) is 6.01. The van der Waals surface area contributed by atoms with Crippen molar-refractivity contribution in [1.82, 2.24) is 10.2 Å². The molecule has 1 N–H and O–H groups in total. The van der Waals surface area contributed by atoms with Gasteiger partial charge in [-0.3, -0.25) is 4.79 Å². The summed E-state index contributed by atoms with van der Waals surface area (Å²) in [6, 6.07) is 7.82. The minimum atomic E-state index is -0.475. The summed E-state index contributed by atoms with van der Waals surface area (Å²) < 4.78 is 4.65. The van der Waals surface area contributed by atoms with Crippen molar-refractivity contribution in [3.63, 3.8) is 0 Å². The predicted molar refractivity (Wildman–Crippen MR) is 77.5 cm³/mol. The largest absolute Gasteiger partial charge is 0.465 e. The van der Waals surface area contributed by atoms with Crippen LogP contribution in [0.25, 0.3) is 0 Å². The molecule has 0 unspecified atom stereocenters. The highest BCUT2D eigenvalue weighted by atomic mass is 35.5. The number of rotatable bonds is 3.